The second-order valence-corrected chi connectivity index (χ2v) is 9.65. The Hall–Kier alpha value is -3.32. The summed E-state index contributed by atoms with van der Waals surface area (Å²) in [5.41, 5.74) is 1.31. The number of esters is 1. The number of alkyl carbamates (subject to hydrolysis) is 1. The summed E-state index contributed by atoms with van der Waals surface area (Å²) in [6.45, 7) is 5.18. The number of amides is 1. The van der Waals surface area contributed by atoms with Crippen molar-refractivity contribution < 1.29 is 23.5 Å². The molecule has 0 saturated heterocycles. The van der Waals surface area contributed by atoms with E-state index in [0.717, 1.165) is 30.2 Å². The van der Waals surface area contributed by atoms with E-state index in [2.05, 4.69) is 5.32 Å². The Balaban J connectivity index is 1.65. The van der Waals surface area contributed by atoms with Crippen molar-refractivity contribution in [3.05, 3.63) is 74.6 Å². The van der Waals surface area contributed by atoms with E-state index in [9.17, 15) is 14.4 Å². The van der Waals surface area contributed by atoms with Crippen LogP contribution in [0, 0.1) is 0 Å². The van der Waals surface area contributed by atoms with E-state index in [1.165, 1.54) is 6.07 Å². The third kappa shape index (κ3) is 5.25. The summed E-state index contributed by atoms with van der Waals surface area (Å²) in [5.74, 6) is -0.733. The van der Waals surface area contributed by atoms with Crippen molar-refractivity contribution in [2.45, 2.75) is 58.1 Å². The third-order valence-electron chi connectivity index (χ3n) is 5.52. The largest absolute Gasteiger partial charge is 0.444 e. The number of aryl methyl sites for hydroxylation is 1. The van der Waals surface area contributed by atoms with Gasteiger partial charge in [0.1, 0.15) is 11.2 Å². The number of nitrogens with one attached hydrogen (secondary N) is 1. The maximum absolute atomic E-state index is 13.2. The number of halogens is 1. The Kier molecular flexibility index (Phi) is 6.66. The van der Waals surface area contributed by atoms with Gasteiger partial charge in [-0.05, 0) is 63.6 Å². The molecule has 0 aliphatic heterocycles. The van der Waals surface area contributed by atoms with Crippen LogP contribution in [-0.2, 0) is 22.4 Å². The first-order chi connectivity index (χ1) is 16.1. The SMILES string of the molecule is CC(C)(C)OC(=O)N[C@H](C(=O)Oc1cc2oc(=O)c3c(c2cc1Cl)CCCC3)c1ccccc1. The van der Waals surface area contributed by atoms with Gasteiger partial charge in [0.05, 0.1) is 5.02 Å². The summed E-state index contributed by atoms with van der Waals surface area (Å²) < 4.78 is 16.4. The molecule has 2 aromatic carbocycles. The smallest absolute Gasteiger partial charge is 0.408 e. The zero-order valence-corrected chi connectivity index (χ0v) is 20.0. The molecule has 0 bridgehead atoms. The Bertz CT molecular complexity index is 1290. The molecule has 0 fully saturated rings. The van der Waals surface area contributed by atoms with E-state index in [-0.39, 0.29) is 16.4 Å². The molecule has 8 heteroatoms. The predicted octanol–water partition coefficient (Wildman–Crippen LogP) is 5.50. The minimum Gasteiger partial charge on any atom is -0.444 e. The standard InChI is InChI=1S/C26H26ClNO6/c1-26(2,3)34-25(31)28-22(15-9-5-4-6-10-15)24(30)33-21-14-20-18(13-19(21)27)16-11-7-8-12-17(16)23(29)32-20/h4-6,9-10,13-14,22H,7-8,11-12H2,1-3H3,(H,28,31)/t22-/m0/s1. The lowest BCUT2D eigenvalue weighted by molar-refractivity contribution is -0.137. The van der Waals surface area contributed by atoms with Crippen molar-refractivity contribution in [3.8, 4) is 5.75 Å². The van der Waals surface area contributed by atoms with Gasteiger partial charge in [0.2, 0.25) is 0 Å². The van der Waals surface area contributed by atoms with Crippen molar-refractivity contribution in [1.29, 1.82) is 0 Å². The van der Waals surface area contributed by atoms with Gasteiger partial charge >= 0.3 is 17.7 Å². The maximum Gasteiger partial charge on any atom is 0.408 e. The molecule has 0 radical (unpaired) electrons. The van der Waals surface area contributed by atoms with E-state index in [1.807, 2.05) is 0 Å². The summed E-state index contributed by atoms with van der Waals surface area (Å²) in [4.78, 5) is 38.0. The number of hydrogen-bond acceptors (Lipinski definition) is 6. The highest BCUT2D eigenvalue weighted by Crippen LogP contribution is 2.35. The van der Waals surface area contributed by atoms with Gasteiger partial charge in [-0.3, -0.25) is 0 Å². The topological polar surface area (TPSA) is 94.8 Å². The average Bonchev–Trinajstić information content (AvgIpc) is 2.78. The number of ether oxygens (including phenoxy) is 2. The van der Waals surface area contributed by atoms with Crippen LogP contribution in [0.2, 0.25) is 5.02 Å². The molecule has 0 spiro atoms. The van der Waals surface area contributed by atoms with Crippen LogP contribution in [0.4, 0.5) is 4.79 Å². The molecule has 1 aromatic heterocycles. The number of carbonyl (C=O) groups excluding carboxylic acids is 2. The van der Waals surface area contributed by atoms with Gasteiger partial charge in [-0.2, -0.15) is 0 Å². The minimum absolute atomic E-state index is 0.0324. The van der Waals surface area contributed by atoms with Crippen LogP contribution in [0.15, 0.2) is 51.7 Å². The van der Waals surface area contributed by atoms with Crippen LogP contribution in [0.5, 0.6) is 5.75 Å². The van der Waals surface area contributed by atoms with E-state index in [4.69, 9.17) is 25.5 Å². The van der Waals surface area contributed by atoms with Gasteiger partial charge in [-0.15, -0.1) is 0 Å². The van der Waals surface area contributed by atoms with Gasteiger partial charge < -0.3 is 19.2 Å². The lowest BCUT2D eigenvalue weighted by Crippen LogP contribution is -2.39. The zero-order chi connectivity index (χ0) is 24.5. The molecule has 1 atom stereocenters. The molecule has 3 aromatic rings. The van der Waals surface area contributed by atoms with Crippen molar-refractivity contribution in [1.82, 2.24) is 5.32 Å². The number of benzene rings is 2. The molecular weight excluding hydrogens is 458 g/mol. The number of hydrogen-bond donors (Lipinski definition) is 1. The highest BCUT2D eigenvalue weighted by Gasteiger charge is 2.28. The Morgan fingerprint density at radius 3 is 2.41 bits per heavy atom. The van der Waals surface area contributed by atoms with Crippen molar-refractivity contribution in [2.75, 3.05) is 0 Å². The van der Waals surface area contributed by atoms with Crippen LogP contribution in [0.25, 0.3) is 11.0 Å². The fourth-order valence-electron chi connectivity index (χ4n) is 4.04. The molecule has 1 aliphatic rings. The van der Waals surface area contributed by atoms with E-state index >= 15 is 0 Å². The Morgan fingerprint density at radius 2 is 1.74 bits per heavy atom. The fourth-order valence-corrected chi connectivity index (χ4v) is 4.24. The van der Waals surface area contributed by atoms with Crippen molar-refractivity contribution >= 4 is 34.6 Å². The highest BCUT2D eigenvalue weighted by molar-refractivity contribution is 6.33. The van der Waals surface area contributed by atoms with Gasteiger partial charge in [-0.1, -0.05) is 41.9 Å². The molecule has 7 nitrogen and oxygen atoms in total. The van der Waals surface area contributed by atoms with Crippen LogP contribution < -0.4 is 15.7 Å². The second kappa shape index (κ2) is 9.50. The lowest BCUT2D eigenvalue weighted by Gasteiger charge is -2.23. The molecule has 1 aliphatic carbocycles. The molecule has 1 amide bonds. The van der Waals surface area contributed by atoms with Crippen molar-refractivity contribution in [3.63, 3.8) is 0 Å². The van der Waals surface area contributed by atoms with Gasteiger partial charge in [0, 0.05) is 17.0 Å². The van der Waals surface area contributed by atoms with Crippen LogP contribution in [-0.4, -0.2) is 17.7 Å². The molecule has 178 valence electrons. The average molecular weight is 484 g/mol. The van der Waals surface area contributed by atoms with Gasteiger partial charge in [0.25, 0.3) is 0 Å². The number of rotatable bonds is 4. The van der Waals surface area contributed by atoms with E-state index in [0.29, 0.717) is 23.1 Å². The van der Waals surface area contributed by atoms with Crippen molar-refractivity contribution in [2.24, 2.45) is 0 Å². The van der Waals surface area contributed by atoms with E-state index in [1.54, 1.807) is 57.2 Å². The minimum atomic E-state index is -1.14. The molecule has 1 heterocycles. The fraction of sp³-hybridized carbons (Fsp3) is 0.346. The first-order valence-corrected chi connectivity index (χ1v) is 11.5. The predicted molar refractivity (Wildman–Crippen MR) is 128 cm³/mol. The first kappa shape index (κ1) is 23.8. The summed E-state index contributed by atoms with van der Waals surface area (Å²) in [6.07, 6.45) is 2.60. The van der Waals surface area contributed by atoms with E-state index < -0.39 is 23.7 Å². The molecule has 1 N–H and O–H groups in total. The zero-order valence-electron chi connectivity index (χ0n) is 19.3. The summed E-state index contributed by atoms with van der Waals surface area (Å²) in [7, 11) is 0. The summed E-state index contributed by atoms with van der Waals surface area (Å²) in [5, 5.41) is 3.51. The van der Waals surface area contributed by atoms with Crippen LogP contribution in [0.3, 0.4) is 0 Å². The lowest BCUT2D eigenvalue weighted by atomic mass is 9.90. The summed E-state index contributed by atoms with van der Waals surface area (Å²) in [6, 6.07) is 10.6. The number of fused-ring (bicyclic) bond motifs is 3. The van der Waals surface area contributed by atoms with Gasteiger partial charge in [-0.25, -0.2) is 14.4 Å². The number of carbonyl (C=O) groups is 2. The van der Waals surface area contributed by atoms with Crippen LogP contribution in [0.1, 0.15) is 56.3 Å². The highest BCUT2D eigenvalue weighted by atomic mass is 35.5. The monoisotopic (exact) mass is 483 g/mol. The molecular formula is C26H26ClNO6. The Labute approximate surface area is 202 Å². The second-order valence-electron chi connectivity index (χ2n) is 9.24. The first-order valence-electron chi connectivity index (χ1n) is 11.2. The molecule has 4 rings (SSSR count). The summed E-state index contributed by atoms with van der Waals surface area (Å²) >= 11 is 6.46. The van der Waals surface area contributed by atoms with Crippen LogP contribution >= 0.6 is 11.6 Å². The molecule has 0 unspecified atom stereocenters. The maximum atomic E-state index is 13.2. The third-order valence-corrected chi connectivity index (χ3v) is 5.81. The molecule has 0 saturated carbocycles. The van der Waals surface area contributed by atoms with Gasteiger partial charge in [0.15, 0.2) is 11.8 Å². The Morgan fingerprint density at radius 1 is 1.06 bits per heavy atom. The normalized spacial score (nSPS) is 14.2. The quantitative estimate of drug-likeness (QED) is 0.299. The molecule has 34 heavy (non-hydrogen) atoms.